The van der Waals surface area contributed by atoms with Gasteiger partial charge in [0.2, 0.25) is 0 Å². The molecule has 1 aromatic heterocycles. The molecule has 0 saturated heterocycles. The highest BCUT2D eigenvalue weighted by Gasteiger charge is 2.22. The molecule has 0 amide bonds. The van der Waals surface area contributed by atoms with Gasteiger partial charge in [-0.15, -0.1) is 0 Å². The number of anilines is 1. The highest BCUT2D eigenvalue weighted by atomic mass is 32.2. The first-order valence-corrected chi connectivity index (χ1v) is 9.51. The van der Waals surface area contributed by atoms with E-state index in [1.165, 1.54) is 3.97 Å². The predicted octanol–water partition coefficient (Wildman–Crippen LogP) is 3.79. The maximum Gasteiger partial charge on any atom is 0.269 e. The molecule has 0 aliphatic carbocycles. The number of hydrogen-bond donors (Lipinski definition) is 1. The van der Waals surface area contributed by atoms with E-state index in [0.29, 0.717) is 16.9 Å². The Hall–Kier alpha value is -2.34. The molecule has 6 heteroatoms. The van der Waals surface area contributed by atoms with Crippen LogP contribution in [0.25, 0.3) is 11.0 Å². The van der Waals surface area contributed by atoms with Crippen molar-refractivity contribution in [1.82, 2.24) is 8.96 Å². The fraction of sp³-hybridized carbons (Fsp3) is 0.278. The zero-order chi connectivity index (χ0) is 17.2. The molecule has 1 heterocycles. The van der Waals surface area contributed by atoms with Gasteiger partial charge in [0.15, 0.2) is 0 Å². The SMILES string of the molecule is CCCCNc1ccc2c(c1)nc(C)n2S(=O)(=O)c1ccccc1. The molecule has 0 spiro atoms. The minimum absolute atomic E-state index is 0.262. The third kappa shape index (κ3) is 3.01. The summed E-state index contributed by atoms with van der Waals surface area (Å²) in [6.45, 7) is 4.75. The molecule has 0 aliphatic rings. The van der Waals surface area contributed by atoms with Gasteiger partial charge >= 0.3 is 0 Å². The first-order chi connectivity index (χ1) is 11.5. The molecule has 0 atom stereocenters. The minimum atomic E-state index is -3.65. The number of unbranched alkanes of at least 4 members (excludes halogenated alkanes) is 1. The number of nitrogens with zero attached hydrogens (tertiary/aromatic N) is 2. The third-order valence-corrected chi connectivity index (χ3v) is 5.72. The number of rotatable bonds is 6. The summed E-state index contributed by atoms with van der Waals surface area (Å²) in [5.74, 6) is 0.458. The van der Waals surface area contributed by atoms with Crippen molar-refractivity contribution >= 4 is 26.7 Å². The number of hydrogen-bond acceptors (Lipinski definition) is 4. The lowest BCUT2D eigenvalue weighted by Crippen LogP contribution is -2.14. The summed E-state index contributed by atoms with van der Waals surface area (Å²) in [6, 6.07) is 14.0. The number of nitrogens with one attached hydrogen (secondary N) is 1. The highest BCUT2D eigenvalue weighted by molar-refractivity contribution is 7.90. The van der Waals surface area contributed by atoms with Crippen molar-refractivity contribution in [2.24, 2.45) is 0 Å². The van der Waals surface area contributed by atoms with Crippen LogP contribution in [0.1, 0.15) is 25.6 Å². The van der Waals surface area contributed by atoms with Crippen molar-refractivity contribution in [1.29, 1.82) is 0 Å². The second-order valence-electron chi connectivity index (χ2n) is 5.73. The van der Waals surface area contributed by atoms with Gasteiger partial charge in [0.1, 0.15) is 5.82 Å². The summed E-state index contributed by atoms with van der Waals surface area (Å²) in [6.07, 6.45) is 2.21. The molecule has 3 aromatic rings. The van der Waals surface area contributed by atoms with E-state index in [1.54, 1.807) is 37.3 Å². The van der Waals surface area contributed by atoms with Crippen LogP contribution in [0.3, 0.4) is 0 Å². The summed E-state index contributed by atoms with van der Waals surface area (Å²) < 4.78 is 27.2. The summed E-state index contributed by atoms with van der Waals surface area (Å²) >= 11 is 0. The first-order valence-electron chi connectivity index (χ1n) is 8.07. The molecule has 126 valence electrons. The van der Waals surface area contributed by atoms with Crippen molar-refractivity contribution in [3.8, 4) is 0 Å². The first kappa shape index (κ1) is 16.5. The molecule has 0 fully saturated rings. The third-order valence-electron chi connectivity index (χ3n) is 3.91. The lowest BCUT2D eigenvalue weighted by molar-refractivity contribution is 0.587. The Morgan fingerprint density at radius 1 is 1.12 bits per heavy atom. The molecular weight excluding hydrogens is 322 g/mol. The Kier molecular flexibility index (Phi) is 4.57. The molecule has 5 nitrogen and oxygen atoms in total. The van der Waals surface area contributed by atoms with E-state index in [1.807, 2.05) is 18.2 Å². The molecule has 0 bridgehead atoms. The Labute approximate surface area is 142 Å². The monoisotopic (exact) mass is 343 g/mol. The van der Waals surface area contributed by atoms with Gasteiger partial charge in [-0.25, -0.2) is 17.4 Å². The van der Waals surface area contributed by atoms with E-state index in [-0.39, 0.29) is 4.90 Å². The van der Waals surface area contributed by atoms with Gasteiger partial charge in [0, 0.05) is 12.2 Å². The normalized spacial score (nSPS) is 11.8. The Morgan fingerprint density at radius 2 is 1.88 bits per heavy atom. The Morgan fingerprint density at radius 3 is 2.58 bits per heavy atom. The average Bonchev–Trinajstić information content (AvgIpc) is 2.91. The van der Waals surface area contributed by atoms with Gasteiger partial charge in [-0.3, -0.25) is 0 Å². The highest BCUT2D eigenvalue weighted by Crippen LogP contribution is 2.25. The average molecular weight is 343 g/mol. The van der Waals surface area contributed by atoms with E-state index < -0.39 is 10.0 Å². The number of imidazole rings is 1. The molecule has 0 aliphatic heterocycles. The fourth-order valence-corrected chi connectivity index (χ4v) is 4.21. The summed E-state index contributed by atoms with van der Waals surface area (Å²) in [7, 11) is -3.65. The molecule has 1 N–H and O–H groups in total. The Bertz CT molecular complexity index is 947. The summed E-state index contributed by atoms with van der Waals surface area (Å²) in [4.78, 5) is 4.70. The topological polar surface area (TPSA) is 64.0 Å². The Balaban J connectivity index is 2.05. The summed E-state index contributed by atoms with van der Waals surface area (Å²) in [5.41, 5.74) is 2.23. The van der Waals surface area contributed by atoms with Crippen molar-refractivity contribution in [2.75, 3.05) is 11.9 Å². The van der Waals surface area contributed by atoms with Crippen LogP contribution < -0.4 is 5.32 Å². The maximum absolute atomic E-state index is 12.9. The molecule has 0 unspecified atom stereocenters. The van der Waals surface area contributed by atoms with Crippen LogP contribution in [0.4, 0.5) is 5.69 Å². The standard InChI is InChI=1S/C18H21N3O2S/c1-3-4-12-19-15-10-11-18-17(13-15)20-14(2)21(18)24(22,23)16-8-6-5-7-9-16/h5-11,13,19H,3-4,12H2,1-2H3. The zero-order valence-corrected chi connectivity index (χ0v) is 14.7. The van der Waals surface area contributed by atoms with Gasteiger partial charge < -0.3 is 5.32 Å². The van der Waals surface area contributed by atoms with E-state index in [2.05, 4.69) is 17.2 Å². The summed E-state index contributed by atoms with van der Waals surface area (Å²) in [5, 5.41) is 3.34. The van der Waals surface area contributed by atoms with Crippen LogP contribution >= 0.6 is 0 Å². The van der Waals surface area contributed by atoms with E-state index in [9.17, 15) is 8.42 Å². The molecule has 2 aromatic carbocycles. The van der Waals surface area contributed by atoms with Crippen LogP contribution in [0.15, 0.2) is 53.4 Å². The number of benzene rings is 2. The van der Waals surface area contributed by atoms with Gasteiger partial charge in [-0.2, -0.15) is 0 Å². The lowest BCUT2D eigenvalue weighted by atomic mass is 10.2. The smallest absolute Gasteiger partial charge is 0.269 e. The second kappa shape index (κ2) is 6.65. The molecular formula is C18H21N3O2S. The van der Waals surface area contributed by atoms with Crippen LogP contribution in [0.2, 0.25) is 0 Å². The van der Waals surface area contributed by atoms with E-state index in [4.69, 9.17) is 0 Å². The van der Waals surface area contributed by atoms with Gasteiger partial charge in [-0.1, -0.05) is 31.5 Å². The van der Waals surface area contributed by atoms with Crippen molar-refractivity contribution in [3.63, 3.8) is 0 Å². The number of aryl methyl sites for hydroxylation is 1. The van der Waals surface area contributed by atoms with Crippen molar-refractivity contribution in [2.45, 2.75) is 31.6 Å². The minimum Gasteiger partial charge on any atom is -0.385 e. The number of fused-ring (bicyclic) bond motifs is 1. The van der Waals surface area contributed by atoms with Crippen LogP contribution in [0, 0.1) is 6.92 Å². The van der Waals surface area contributed by atoms with E-state index in [0.717, 1.165) is 25.1 Å². The molecule has 0 radical (unpaired) electrons. The maximum atomic E-state index is 12.9. The van der Waals surface area contributed by atoms with Crippen molar-refractivity contribution in [3.05, 3.63) is 54.4 Å². The largest absolute Gasteiger partial charge is 0.385 e. The van der Waals surface area contributed by atoms with Gasteiger partial charge in [0.25, 0.3) is 10.0 Å². The molecule has 24 heavy (non-hydrogen) atoms. The van der Waals surface area contributed by atoms with Crippen LogP contribution in [-0.2, 0) is 10.0 Å². The lowest BCUT2D eigenvalue weighted by Gasteiger charge is -2.09. The zero-order valence-electron chi connectivity index (χ0n) is 13.9. The second-order valence-corrected chi connectivity index (χ2v) is 7.51. The van der Waals surface area contributed by atoms with Gasteiger partial charge in [0.05, 0.1) is 15.9 Å². The number of aromatic nitrogens is 2. The van der Waals surface area contributed by atoms with Crippen LogP contribution in [-0.4, -0.2) is 23.9 Å². The molecule has 0 saturated carbocycles. The quantitative estimate of drug-likeness (QED) is 0.692. The molecule has 3 rings (SSSR count). The fourth-order valence-electron chi connectivity index (χ4n) is 2.70. The predicted molar refractivity (Wildman–Crippen MR) is 96.9 cm³/mol. The van der Waals surface area contributed by atoms with Gasteiger partial charge in [-0.05, 0) is 43.7 Å². The van der Waals surface area contributed by atoms with Crippen molar-refractivity contribution < 1.29 is 8.42 Å². The van der Waals surface area contributed by atoms with E-state index >= 15 is 0 Å². The van der Waals surface area contributed by atoms with Crippen LogP contribution in [0.5, 0.6) is 0 Å².